The van der Waals surface area contributed by atoms with Gasteiger partial charge in [0, 0.05) is 23.7 Å². The SMILES string of the molecule is COC(=O)C1CC[C@H]2CCCC[C@@]3(CCC(=O)[C@@H]13)C2=O. The van der Waals surface area contributed by atoms with E-state index in [9.17, 15) is 14.4 Å². The number of ketones is 2. The molecule has 3 fully saturated rings. The third-order valence-corrected chi connectivity index (χ3v) is 5.78. The third-order valence-electron chi connectivity index (χ3n) is 5.78. The van der Waals surface area contributed by atoms with Crippen LogP contribution >= 0.6 is 0 Å². The van der Waals surface area contributed by atoms with Crippen LogP contribution in [0.25, 0.3) is 0 Å². The normalized spacial score (nSPS) is 40.8. The van der Waals surface area contributed by atoms with E-state index in [1.165, 1.54) is 7.11 Å². The summed E-state index contributed by atoms with van der Waals surface area (Å²) < 4.78 is 4.91. The molecule has 0 N–H and O–H groups in total. The van der Waals surface area contributed by atoms with Gasteiger partial charge < -0.3 is 4.74 Å². The first-order chi connectivity index (χ1) is 9.60. The van der Waals surface area contributed by atoms with Crippen molar-refractivity contribution in [2.45, 2.75) is 51.4 Å². The summed E-state index contributed by atoms with van der Waals surface area (Å²) in [4.78, 5) is 37.4. The molecule has 0 amide bonds. The number of Topliss-reactive ketones (excluding diaryl/α,β-unsaturated/α-hetero) is 2. The van der Waals surface area contributed by atoms with Crippen molar-refractivity contribution < 1.29 is 19.1 Å². The van der Waals surface area contributed by atoms with Crippen molar-refractivity contribution in [1.82, 2.24) is 0 Å². The monoisotopic (exact) mass is 278 g/mol. The summed E-state index contributed by atoms with van der Waals surface area (Å²) in [5, 5.41) is 0. The van der Waals surface area contributed by atoms with E-state index in [4.69, 9.17) is 4.74 Å². The van der Waals surface area contributed by atoms with Crippen LogP contribution in [0.5, 0.6) is 0 Å². The number of hydrogen-bond donors (Lipinski definition) is 0. The topological polar surface area (TPSA) is 60.4 Å². The van der Waals surface area contributed by atoms with Crippen LogP contribution in [0, 0.1) is 23.2 Å². The van der Waals surface area contributed by atoms with E-state index in [-0.39, 0.29) is 23.5 Å². The minimum absolute atomic E-state index is 0.0561. The Morgan fingerprint density at radius 2 is 1.95 bits per heavy atom. The molecule has 0 heterocycles. The van der Waals surface area contributed by atoms with E-state index in [2.05, 4.69) is 0 Å². The van der Waals surface area contributed by atoms with Crippen molar-refractivity contribution in [2.24, 2.45) is 23.2 Å². The smallest absolute Gasteiger partial charge is 0.309 e. The minimum Gasteiger partial charge on any atom is -0.469 e. The highest BCUT2D eigenvalue weighted by molar-refractivity contribution is 6.00. The van der Waals surface area contributed by atoms with Crippen molar-refractivity contribution in [1.29, 1.82) is 0 Å². The molecule has 0 radical (unpaired) electrons. The van der Waals surface area contributed by atoms with E-state index >= 15 is 0 Å². The number of carbonyl (C=O) groups is 3. The number of methoxy groups -OCH3 is 1. The molecule has 110 valence electrons. The molecular formula is C16H22O4. The van der Waals surface area contributed by atoms with Crippen molar-refractivity contribution in [3.05, 3.63) is 0 Å². The van der Waals surface area contributed by atoms with Crippen molar-refractivity contribution in [3.8, 4) is 0 Å². The van der Waals surface area contributed by atoms with Crippen LogP contribution in [0.1, 0.15) is 51.4 Å². The van der Waals surface area contributed by atoms with Gasteiger partial charge in [-0.1, -0.05) is 12.8 Å². The Labute approximate surface area is 119 Å². The van der Waals surface area contributed by atoms with Crippen LogP contribution in [0.2, 0.25) is 0 Å². The van der Waals surface area contributed by atoms with Crippen molar-refractivity contribution >= 4 is 17.5 Å². The zero-order valence-electron chi connectivity index (χ0n) is 12.0. The predicted molar refractivity (Wildman–Crippen MR) is 71.9 cm³/mol. The van der Waals surface area contributed by atoms with E-state index in [0.717, 1.165) is 32.1 Å². The lowest BCUT2D eigenvalue weighted by atomic mass is 9.66. The van der Waals surface area contributed by atoms with Crippen molar-refractivity contribution in [3.63, 3.8) is 0 Å². The lowest BCUT2D eigenvalue weighted by molar-refractivity contribution is -0.153. The first-order valence-corrected chi connectivity index (χ1v) is 7.75. The second-order valence-corrected chi connectivity index (χ2v) is 6.61. The highest BCUT2D eigenvalue weighted by atomic mass is 16.5. The average Bonchev–Trinajstić information content (AvgIpc) is 2.63. The molecule has 3 aliphatic rings. The Kier molecular flexibility index (Phi) is 3.43. The van der Waals surface area contributed by atoms with E-state index in [1.807, 2.05) is 0 Å². The second-order valence-electron chi connectivity index (χ2n) is 6.61. The van der Waals surface area contributed by atoms with Gasteiger partial charge >= 0.3 is 5.97 Å². The largest absolute Gasteiger partial charge is 0.469 e. The zero-order valence-corrected chi connectivity index (χ0v) is 12.0. The zero-order chi connectivity index (χ0) is 14.3. The van der Waals surface area contributed by atoms with Gasteiger partial charge in [0.25, 0.3) is 0 Å². The van der Waals surface area contributed by atoms with Crippen LogP contribution < -0.4 is 0 Å². The number of fused-ring (bicyclic) bond motifs is 1. The molecule has 1 spiro atoms. The van der Waals surface area contributed by atoms with Gasteiger partial charge in [0.15, 0.2) is 0 Å². The number of rotatable bonds is 1. The molecule has 4 nitrogen and oxygen atoms in total. The molecule has 20 heavy (non-hydrogen) atoms. The maximum Gasteiger partial charge on any atom is 0.309 e. The lowest BCUT2D eigenvalue weighted by Crippen LogP contribution is -2.42. The van der Waals surface area contributed by atoms with Gasteiger partial charge in [0.05, 0.1) is 13.0 Å². The summed E-state index contributed by atoms with van der Waals surface area (Å²) in [6.45, 7) is 0. The Morgan fingerprint density at radius 3 is 2.70 bits per heavy atom. The van der Waals surface area contributed by atoms with Gasteiger partial charge in [-0.3, -0.25) is 14.4 Å². The summed E-state index contributed by atoms with van der Waals surface area (Å²) in [7, 11) is 1.37. The van der Waals surface area contributed by atoms with Crippen LogP contribution in [0.15, 0.2) is 0 Å². The summed E-state index contributed by atoms with van der Waals surface area (Å²) in [6, 6.07) is 0. The molecule has 2 bridgehead atoms. The molecule has 0 aromatic heterocycles. The fourth-order valence-electron chi connectivity index (χ4n) is 4.85. The van der Waals surface area contributed by atoms with Gasteiger partial charge in [-0.15, -0.1) is 0 Å². The maximum atomic E-state index is 12.9. The third kappa shape index (κ3) is 1.84. The second kappa shape index (κ2) is 4.97. The van der Waals surface area contributed by atoms with Crippen LogP contribution in [-0.2, 0) is 19.1 Å². The quantitative estimate of drug-likeness (QED) is 0.690. The van der Waals surface area contributed by atoms with Crippen LogP contribution in [0.3, 0.4) is 0 Å². The molecule has 3 rings (SSSR count). The molecule has 3 aliphatic carbocycles. The van der Waals surface area contributed by atoms with E-state index in [1.54, 1.807) is 0 Å². The molecule has 3 saturated carbocycles. The predicted octanol–water partition coefficient (Wildman–Crippen LogP) is 2.29. The maximum absolute atomic E-state index is 12.9. The van der Waals surface area contributed by atoms with E-state index in [0.29, 0.717) is 19.3 Å². The Hall–Kier alpha value is -1.19. The minimum atomic E-state index is -0.548. The molecule has 0 aromatic carbocycles. The van der Waals surface area contributed by atoms with Gasteiger partial charge in [0.1, 0.15) is 11.6 Å². The number of hydrogen-bond acceptors (Lipinski definition) is 4. The van der Waals surface area contributed by atoms with Gasteiger partial charge in [-0.2, -0.15) is 0 Å². The van der Waals surface area contributed by atoms with Gasteiger partial charge in [-0.25, -0.2) is 0 Å². The summed E-state index contributed by atoms with van der Waals surface area (Å²) >= 11 is 0. The molecule has 1 unspecified atom stereocenters. The standard InChI is InChI=1S/C16H22O4/c1-20-15(19)11-6-5-10-4-2-3-8-16(14(10)18)9-7-12(17)13(11)16/h10-11,13H,2-9H2,1H3/t10-,11?,13-,16+/m1/s1. The molecule has 0 saturated heterocycles. The average molecular weight is 278 g/mol. The number of carbonyl (C=O) groups excluding carboxylic acids is 3. The number of ether oxygens (including phenoxy) is 1. The fraction of sp³-hybridized carbons (Fsp3) is 0.812. The number of esters is 1. The first-order valence-electron chi connectivity index (χ1n) is 7.75. The van der Waals surface area contributed by atoms with Crippen LogP contribution in [-0.4, -0.2) is 24.6 Å². The Morgan fingerprint density at radius 1 is 1.15 bits per heavy atom. The van der Waals surface area contributed by atoms with Crippen molar-refractivity contribution in [2.75, 3.05) is 7.11 Å². The summed E-state index contributed by atoms with van der Waals surface area (Å²) in [6.07, 6.45) is 6.25. The molecule has 0 aromatic rings. The van der Waals surface area contributed by atoms with Gasteiger partial charge in [0.2, 0.25) is 0 Å². The first kappa shape index (κ1) is 13.8. The summed E-state index contributed by atoms with van der Waals surface area (Å²) in [5.41, 5.74) is -0.548. The summed E-state index contributed by atoms with van der Waals surface area (Å²) in [5.74, 6) is -0.676. The Bertz CT molecular complexity index is 455. The van der Waals surface area contributed by atoms with E-state index < -0.39 is 17.3 Å². The molecule has 4 heteroatoms. The highest BCUT2D eigenvalue weighted by Gasteiger charge is 2.60. The highest BCUT2D eigenvalue weighted by Crippen LogP contribution is 2.55. The molecular weight excluding hydrogens is 256 g/mol. The Balaban J connectivity index is 2.06. The van der Waals surface area contributed by atoms with Crippen LogP contribution in [0.4, 0.5) is 0 Å². The lowest BCUT2D eigenvalue weighted by Gasteiger charge is -2.34. The molecule has 0 aliphatic heterocycles. The fourth-order valence-corrected chi connectivity index (χ4v) is 4.85. The van der Waals surface area contributed by atoms with Gasteiger partial charge in [-0.05, 0) is 32.1 Å². The molecule has 4 atom stereocenters.